The zero-order valence-corrected chi connectivity index (χ0v) is 12.0. The molecule has 0 amide bonds. The molecular formula is C16H23NO3. The third kappa shape index (κ3) is 4.85. The van der Waals surface area contributed by atoms with Crippen LogP contribution in [0.1, 0.15) is 31.7 Å². The van der Waals surface area contributed by atoms with Crippen molar-refractivity contribution >= 4 is 5.97 Å². The fraction of sp³-hybridized carbons (Fsp3) is 0.562. The van der Waals surface area contributed by atoms with Gasteiger partial charge < -0.3 is 10.2 Å². The molecule has 0 spiro atoms. The van der Waals surface area contributed by atoms with E-state index in [1.165, 1.54) is 18.4 Å². The Labute approximate surface area is 120 Å². The van der Waals surface area contributed by atoms with Gasteiger partial charge in [-0.3, -0.25) is 9.69 Å². The number of aliphatic carboxylic acids is 1. The molecule has 0 aliphatic heterocycles. The molecule has 0 aromatic heterocycles. The number of carboxylic acid groups (broad SMARTS) is 1. The largest absolute Gasteiger partial charge is 0.508 e. The SMILES string of the molecule is CC(CCc1ccc(O)cc1)N(CC(=O)O)CC1CC1. The van der Waals surface area contributed by atoms with Gasteiger partial charge in [0.05, 0.1) is 6.54 Å². The fourth-order valence-electron chi connectivity index (χ4n) is 2.43. The second-order valence-electron chi connectivity index (χ2n) is 5.82. The van der Waals surface area contributed by atoms with Gasteiger partial charge in [-0.05, 0) is 56.2 Å². The minimum absolute atomic E-state index is 0.132. The molecule has 0 heterocycles. The second-order valence-corrected chi connectivity index (χ2v) is 5.82. The summed E-state index contributed by atoms with van der Waals surface area (Å²) in [5.74, 6) is 0.232. The Balaban J connectivity index is 1.84. The summed E-state index contributed by atoms with van der Waals surface area (Å²) in [5.41, 5.74) is 1.18. The van der Waals surface area contributed by atoms with Crippen LogP contribution in [0, 0.1) is 5.92 Å². The van der Waals surface area contributed by atoms with Crippen molar-refractivity contribution in [2.24, 2.45) is 5.92 Å². The first-order valence-electron chi connectivity index (χ1n) is 7.28. The number of aryl methyl sites for hydroxylation is 1. The van der Waals surface area contributed by atoms with Crippen molar-refractivity contribution in [3.05, 3.63) is 29.8 Å². The number of phenols is 1. The highest BCUT2D eigenvalue weighted by Gasteiger charge is 2.27. The summed E-state index contributed by atoms with van der Waals surface area (Å²) in [5, 5.41) is 18.3. The molecule has 1 fully saturated rings. The molecule has 0 bridgehead atoms. The Morgan fingerprint density at radius 2 is 2.00 bits per heavy atom. The molecule has 2 N–H and O–H groups in total. The summed E-state index contributed by atoms with van der Waals surface area (Å²) in [6.07, 6.45) is 4.31. The summed E-state index contributed by atoms with van der Waals surface area (Å²) >= 11 is 0. The van der Waals surface area contributed by atoms with E-state index in [1.807, 2.05) is 12.1 Å². The fourth-order valence-corrected chi connectivity index (χ4v) is 2.43. The Morgan fingerprint density at radius 3 is 2.55 bits per heavy atom. The van der Waals surface area contributed by atoms with Crippen molar-refractivity contribution < 1.29 is 15.0 Å². The van der Waals surface area contributed by atoms with Crippen LogP contribution in [0.2, 0.25) is 0 Å². The maximum Gasteiger partial charge on any atom is 0.317 e. The zero-order chi connectivity index (χ0) is 14.5. The Bertz CT molecular complexity index is 440. The topological polar surface area (TPSA) is 60.8 Å². The molecule has 4 heteroatoms. The van der Waals surface area contributed by atoms with Crippen molar-refractivity contribution in [1.82, 2.24) is 4.90 Å². The Hall–Kier alpha value is -1.55. The summed E-state index contributed by atoms with van der Waals surface area (Å²) < 4.78 is 0. The number of benzene rings is 1. The average molecular weight is 277 g/mol. The van der Waals surface area contributed by atoms with Crippen LogP contribution in [-0.4, -0.2) is 40.2 Å². The number of phenolic OH excluding ortho intramolecular Hbond substituents is 1. The number of aromatic hydroxyl groups is 1. The smallest absolute Gasteiger partial charge is 0.317 e. The van der Waals surface area contributed by atoms with E-state index in [0.717, 1.165) is 19.4 Å². The molecule has 1 atom stereocenters. The predicted octanol–water partition coefficient (Wildman–Crippen LogP) is 2.51. The van der Waals surface area contributed by atoms with E-state index in [4.69, 9.17) is 5.11 Å². The summed E-state index contributed by atoms with van der Waals surface area (Å²) in [7, 11) is 0. The number of rotatable bonds is 8. The van der Waals surface area contributed by atoms with Crippen molar-refractivity contribution in [2.45, 2.75) is 38.6 Å². The molecule has 1 unspecified atom stereocenters. The molecule has 1 aliphatic rings. The Kier molecular flexibility index (Phi) is 5.01. The molecule has 110 valence electrons. The molecule has 0 radical (unpaired) electrons. The van der Waals surface area contributed by atoms with Gasteiger partial charge in [0.25, 0.3) is 0 Å². The van der Waals surface area contributed by atoms with Crippen molar-refractivity contribution in [3.8, 4) is 5.75 Å². The van der Waals surface area contributed by atoms with E-state index < -0.39 is 5.97 Å². The number of hydrogen-bond acceptors (Lipinski definition) is 3. The Morgan fingerprint density at radius 1 is 1.35 bits per heavy atom. The lowest BCUT2D eigenvalue weighted by atomic mass is 10.0. The van der Waals surface area contributed by atoms with Crippen LogP contribution in [0.15, 0.2) is 24.3 Å². The number of hydrogen-bond donors (Lipinski definition) is 2. The maximum atomic E-state index is 11.0. The van der Waals surface area contributed by atoms with Crippen molar-refractivity contribution in [1.29, 1.82) is 0 Å². The van der Waals surface area contributed by atoms with E-state index in [9.17, 15) is 9.90 Å². The molecule has 4 nitrogen and oxygen atoms in total. The maximum absolute atomic E-state index is 11.0. The van der Waals surface area contributed by atoms with Crippen LogP contribution in [-0.2, 0) is 11.2 Å². The summed E-state index contributed by atoms with van der Waals surface area (Å²) in [6.45, 7) is 3.14. The lowest BCUT2D eigenvalue weighted by Crippen LogP contribution is -2.39. The van der Waals surface area contributed by atoms with Crippen LogP contribution in [0.4, 0.5) is 0 Å². The van der Waals surface area contributed by atoms with Gasteiger partial charge in [-0.25, -0.2) is 0 Å². The molecule has 1 aromatic rings. The van der Waals surface area contributed by atoms with Crippen LogP contribution < -0.4 is 0 Å². The highest BCUT2D eigenvalue weighted by molar-refractivity contribution is 5.69. The molecule has 20 heavy (non-hydrogen) atoms. The van der Waals surface area contributed by atoms with E-state index in [-0.39, 0.29) is 18.3 Å². The average Bonchev–Trinajstić information content (AvgIpc) is 3.20. The van der Waals surface area contributed by atoms with Crippen molar-refractivity contribution in [2.75, 3.05) is 13.1 Å². The minimum Gasteiger partial charge on any atom is -0.508 e. The van der Waals surface area contributed by atoms with Gasteiger partial charge in [0.2, 0.25) is 0 Å². The van der Waals surface area contributed by atoms with Crippen LogP contribution in [0.5, 0.6) is 5.75 Å². The normalized spacial score (nSPS) is 16.3. The molecule has 1 aliphatic carbocycles. The third-order valence-corrected chi connectivity index (χ3v) is 3.94. The predicted molar refractivity (Wildman–Crippen MR) is 77.8 cm³/mol. The number of carboxylic acids is 1. The van der Waals surface area contributed by atoms with Gasteiger partial charge in [-0.15, -0.1) is 0 Å². The van der Waals surface area contributed by atoms with E-state index in [2.05, 4.69) is 11.8 Å². The highest BCUT2D eigenvalue weighted by Crippen LogP contribution is 2.30. The first-order valence-corrected chi connectivity index (χ1v) is 7.28. The van der Waals surface area contributed by atoms with E-state index in [0.29, 0.717) is 5.92 Å². The number of nitrogens with zero attached hydrogens (tertiary/aromatic N) is 1. The lowest BCUT2D eigenvalue weighted by molar-refractivity contribution is -0.139. The van der Waals surface area contributed by atoms with Gasteiger partial charge >= 0.3 is 5.97 Å². The third-order valence-electron chi connectivity index (χ3n) is 3.94. The highest BCUT2D eigenvalue weighted by atomic mass is 16.4. The second kappa shape index (κ2) is 6.75. The first kappa shape index (κ1) is 14.9. The van der Waals surface area contributed by atoms with Gasteiger partial charge in [-0.2, -0.15) is 0 Å². The van der Waals surface area contributed by atoms with E-state index >= 15 is 0 Å². The van der Waals surface area contributed by atoms with Gasteiger partial charge in [0, 0.05) is 12.6 Å². The molecule has 0 saturated heterocycles. The molecule has 1 saturated carbocycles. The zero-order valence-electron chi connectivity index (χ0n) is 12.0. The molecular weight excluding hydrogens is 254 g/mol. The lowest BCUT2D eigenvalue weighted by Gasteiger charge is -2.27. The molecule has 1 aromatic carbocycles. The van der Waals surface area contributed by atoms with Crippen LogP contribution in [0.25, 0.3) is 0 Å². The van der Waals surface area contributed by atoms with Gasteiger partial charge in [0.15, 0.2) is 0 Å². The first-order chi connectivity index (χ1) is 9.54. The standard InChI is InChI=1S/C16H23NO3/c1-12(2-3-13-6-8-15(18)9-7-13)17(11-16(19)20)10-14-4-5-14/h6-9,12,14,18H,2-5,10-11H2,1H3,(H,19,20). The monoisotopic (exact) mass is 277 g/mol. The van der Waals surface area contributed by atoms with Crippen LogP contribution >= 0.6 is 0 Å². The molecule has 2 rings (SSSR count). The minimum atomic E-state index is -0.748. The van der Waals surface area contributed by atoms with Gasteiger partial charge in [0.1, 0.15) is 5.75 Å². The number of carbonyl (C=O) groups is 1. The summed E-state index contributed by atoms with van der Waals surface area (Å²) in [4.78, 5) is 13.0. The van der Waals surface area contributed by atoms with Gasteiger partial charge in [-0.1, -0.05) is 12.1 Å². The quantitative estimate of drug-likeness (QED) is 0.766. The summed E-state index contributed by atoms with van der Waals surface area (Å²) in [6, 6.07) is 7.49. The van der Waals surface area contributed by atoms with Crippen molar-refractivity contribution in [3.63, 3.8) is 0 Å². The van der Waals surface area contributed by atoms with Crippen LogP contribution in [0.3, 0.4) is 0 Å². The van der Waals surface area contributed by atoms with E-state index in [1.54, 1.807) is 12.1 Å².